The van der Waals surface area contributed by atoms with Crippen molar-refractivity contribution in [1.82, 2.24) is 9.38 Å². The van der Waals surface area contributed by atoms with E-state index in [4.69, 9.17) is 10.7 Å². The Morgan fingerprint density at radius 2 is 1.73 bits per heavy atom. The first kappa shape index (κ1) is 12.9. The van der Waals surface area contributed by atoms with Gasteiger partial charge in [0.05, 0.1) is 11.4 Å². The van der Waals surface area contributed by atoms with Gasteiger partial charge in [0.2, 0.25) is 0 Å². The van der Waals surface area contributed by atoms with Crippen molar-refractivity contribution in [1.29, 1.82) is 0 Å². The van der Waals surface area contributed by atoms with Crippen molar-refractivity contribution in [2.24, 2.45) is 0 Å². The first-order valence-electron chi connectivity index (χ1n) is 7.38. The number of imidazole rings is 1. The standard InChI is InChI=1S/C19H17N3/c1-12-9-10-22-13(2)18(21-19(22)17(12)20)16-8-7-14-5-3-4-6-15(14)11-16/h3-11H,20H2,1-2H3. The van der Waals surface area contributed by atoms with Crippen molar-refractivity contribution in [3.8, 4) is 11.3 Å². The van der Waals surface area contributed by atoms with E-state index < -0.39 is 0 Å². The van der Waals surface area contributed by atoms with Crippen molar-refractivity contribution >= 4 is 22.1 Å². The second kappa shape index (κ2) is 4.60. The molecule has 0 radical (unpaired) electrons. The van der Waals surface area contributed by atoms with Gasteiger partial charge in [-0.2, -0.15) is 0 Å². The zero-order chi connectivity index (χ0) is 15.3. The highest BCUT2D eigenvalue weighted by atomic mass is 15.0. The fraction of sp³-hybridized carbons (Fsp3) is 0.105. The number of hydrogen-bond donors (Lipinski definition) is 1. The highest BCUT2D eigenvalue weighted by Gasteiger charge is 2.13. The normalized spacial score (nSPS) is 11.4. The molecule has 0 amide bonds. The average molecular weight is 287 g/mol. The lowest BCUT2D eigenvalue weighted by molar-refractivity contribution is 1.10. The second-order valence-electron chi connectivity index (χ2n) is 5.71. The first-order valence-corrected chi connectivity index (χ1v) is 7.38. The summed E-state index contributed by atoms with van der Waals surface area (Å²) in [7, 11) is 0. The molecule has 0 aliphatic rings. The van der Waals surface area contributed by atoms with Gasteiger partial charge in [-0.25, -0.2) is 4.98 Å². The Balaban J connectivity index is 1.99. The van der Waals surface area contributed by atoms with Gasteiger partial charge in [-0.1, -0.05) is 36.4 Å². The van der Waals surface area contributed by atoms with Gasteiger partial charge in [0, 0.05) is 17.5 Å². The number of nitrogens with two attached hydrogens (primary N) is 1. The van der Waals surface area contributed by atoms with Gasteiger partial charge in [-0.15, -0.1) is 0 Å². The maximum atomic E-state index is 6.19. The number of nitrogen functional groups attached to an aromatic ring is 1. The molecule has 2 N–H and O–H groups in total. The fourth-order valence-electron chi connectivity index (χ4n) is 2.95. The van der Waals surface area contributed by atoms with Gasteiger partial charge in [0.1, 0.15) is 0 Å². The number of nitrogens with zero attached hydrogens (tertiary/aromatic N) is 2. The maximum absolute atomic E-state index is 6.19. The molecule has 2 heterocycles. The smallest absolute Gasteiger partial charge is 0.161 e. The van der Waals surface area contributed by atoms with Crippen LogP contribution in [0.4, 0.5) is 5.69 Å². The average Bonchev–Trinajstić information content (AvgIpc) is 2.88. The van der Waals surface area contributed by atoms with Crippen LogP contribution < -0.4 is 5.73 Å². The van der Waals surface area contributed by atoms with Crippen LogP contribution in [0.15, 0.2) is 54.7 Å². The third-order valence-corrected chi connectivity index (χ3v) is 4.31. The molecule has 3 heteroatoms. The zero-order valence-corrected chi connectivity index (χ0v) is 12.7. The van der Waals surface area contributed by atoms with Crippen molar-refractivity contribution in [2.45, 2.75) is 13.8 Å². The summed E-state index contributed by atoms with van der Waals surface area (Å²) in [6.45, 7) is 4.09. The zero-order valence-electron chi connectivity index (χ0n) is 12.7. The molecule has 2 aromatic heterocycles. The molecule has 0 bridgehead atoms. The highest BCUT2D eigenvalue weighted by Crippen LogP contribution is 2.29. The Morgan fingerprint density at radius 1 is 0.955 bits per heavy atom. The number of aryl methyl sites for hydroxylation is 2. The molecule has 2 aromatic carbocycles. The van der Waals surface area contributed by atoms with E-state index in [0.717, 1.165) is 33.8 Å². The Hall–Kier alpha value is -2.81. The van der Waals surface area contributed by atoms with Crippen LogP contribution in [-0.2, 0) is 0 Å². The van der Waals surface area contributed by atoms with Crippen molar-refractivity contribution < 1.29 is 0 Å². The third kappa shape index (κ3) is 1.79. The summed E-state index contributed by atoms with van der Waals surface area (Å²) >= 11 is 0. The summed E-state index contributed by atoms with van der Waals surface area (Å²) in [5.74, 6) is 0. The number of rotatable bonds is 1. The van der Waals surface area contributed by atoms with Gasteiger partial charge >= 0.3 is 0 Å². The molecular formula is C19H17N3. The second-order valence-corrected chi connectivity index (χ2v) is 5.71. The summed E-state index contributed by atoms with van der Waals surface area (Å²) in [5, 5.41) is 2.46. The van der Waals surface area contributed by atoms with Gasteiger partial charge in [-0.05, 0) is 42.3 Å². The Bertz CT molecular complexity index is 1010. The number of hydrogen-bond acceptors (Lipinski definition) is 2. The summed E-state index contributed by atoms with van der Waals surface area (Å²) in [6.07, 6.45) is 2.04. The predicted octanol–water partition coefficient (Wildman–Crippen LogP) is 4.35. The molecule has 0 saturated carbocycles. The van der Waals surface area contributed by atoms with E-state index in [0.29, 0.717) is 0 Å². The molecule has 0 aliphatic heterocycles. The lowest BCUT2D eigenvalue weighted by Gasteiger charge is -2.03. The molecule has 0 saturated heterocycles. The van der Waals surface area contributed by atoms with E-state index in [2.05, 4.69) is 53.8 Å². The lowest BCUT2D eigenvalue weighted by Crippen LogP contribution is -1.96. The van der Waals surface area contributed by atoms with Crippen molar-refractivity contribution in [3.63, 3.8) is 0 Å². The summed E-state index contributed by atoms with van der Waals surface area (Å²) in [5.41, 5.74) is 12.0. The van der Waals surface area contributed by atoms with Crippen LogP contribution in [0.5, 0.6) is 0 Å². The predicted molar refractivity (Wildman–Crippen MR) is 92.0 cm³/mol. The maximum Gasteiger partial charge on any atom is 0.161 e. The summed E-state index contributed by atoms with van der Waals surface area (Å²) in [4.78, 5) is 4.79. The lowest BCUT2D eigenvalue weighted by atomic mass is 10.0. The fourth-order valence-corrected chi connectivity index (χ4v) is 2.95. The molecule has 4 rings (SSSR count). The van der Waals surface area contributed by atoms with E-state index in [-0.39, 0.29) is 0 Å². The van der Waals surface area contributed by atoms with Gasteiger partial charge < -0.3 is 10.1 Å². The van der Waals surface area contributed by atoms with E-state index in [9.17, 15) is 0 Å². The third-order valence-electron chi connectivity index (χ3n) is 4.31. The molecule has 0 fully saturated rings. The highest BCUT2D eigenvalue weighted by molar-refractivity contribution is 5.87. The number of anilines is 1. The van der Waals surface area contributed by atoms with Crippen LogP contribution in [0.3, 0.4) is 0 Å². The number of pyridine rings is 1. The van der Waals surface area contributed by atoms with E-state index >= 15 is 0 Å². The number of benzene rings is 2. The number of fused-ring (bicyclic) bond motifs is 2. The minimum absolute atomic E-state index is 0.748. The van der Waals surface area contributed by atoms with Crippen LogP contribution in [0.2, 0.25) is 0 Å². The Kier molecular flexibility index (Phi) is 2.70. The number of aromatic nitrogens is 2. The first-order chi connectivity index (χ1) is 10.6. The summed E-state index contributed by atoms with van der Waals surface area (Å²) in [6, 6.07) is 16.8. The van der Waals surface area contributed by atoms with Crippen LogP contribution in [-0.4, -0.2) is 9.38 Å². The molecule has 0 aliphatic carbocycles. The molecule has 0 atom stereocenters. The molecule has 0 unspecified atom stereocenters. The van der Waals surface area contributed by atoms with E-state index in [1.165, 1.54) is 10.8 Å². The van der Waals surface area contributed by atoms with Crippen molar-refractivity contribution in [3.05, 3.63) is 66.0 Å². The van der Waals surface area contributed by atoms with E-state index in [1.807, 2.05) is 19.2 Å². The van der Waals surface area contributed by atoms with Crippen LogP contribution in [0.1, 0.15) is 11.3 Å². The van der Waals surface area contributed by atoms with Gasteiger partial charge in [0.25, 0.3) is 0 Å². The monoisotopic (exact) mass is 287 g/mol. The minimum atomic E-state index is 0.748. The Morgan fingerprint density at radius 3 is 2.55 bits per heavy atom. The van der Waals surface area contributed by atoms with Crippen LogP contribution in [0.25, 0.3) is 27.7 Å². The van der Waals surface area contributed by atoms with Crippen LogP contribution >= 0.6 is 0 Å². The largest absolute Gasteiger partial charge is 0.395 e. The van der Waals surface area contributed by atoms with Gasteiger partial charge in [0.15, 0.2) is 5.65 Å². The molecule has 108 valence electrons. The van der Waals surface area contributed by atoms with E-state index in [1.54, 1.807) is 0 Å². The topological polar surface area (TPSA) is 43.3 Å². The summed E-state index contributed by atoms with van der Waals surface area (Å²) < 4.78 is 2.06. The molecule has 4 aromatic rings. The minimum Gasteiger partial charge on any atom is -0.395 e. The molecular weight excluding hydrogens is 270 g/mol. The SMILES string of the molecule is Cc1ccn2c(C)c(-c3ccc4ccccc4c3)nc2c1N. The van der Waals surface area contributed by atoms with Crippen molar-refractivity contribution in [2.75, 3.05) is 5.73 Å². The quantitative estimate of drug-likeness (QED) is 0.565. The molecule has 0 spiro atoms. The Labute approximate surface area is 129 Å². The van der Waals surface area contributed by atoms with Gasteiger partial charge in [-0.3, -0.25) is 0 Å². The molecule has 3 nitrogen and oxygen atoms in total. The molecule has 22 heavy (non-hydrogen) atoms. The van der Waals surface area contributed by atoms with Crippen LogP contribution in [0, 0.1) is 13.8 Å².